The van der Waals surface area contributed by atoms with Crippen LogP contribution in [0, 0.1) is 0 Å². The van der Waals surface area contributed by atoms with Crippen molar-refractivity contribution in [3.05, 3.63) is 90.5 Å². The zero-order valence-electron chi connectivity index (χ0n) is 12.3. The van der Waals surface area contributed by atoms with Crippen molar-refractivity contribution in [3.8, 4) is 0 Å². The van der Waals surface area contributed by atoms with Crippen LogP contribution < -0.4 is 10.6 Å². The molecule has 0 aliphatic rings. The minimum Gasteiger partial charge on any atom is -0.210 e. The molecule has 0 aliphatic heterocycles. The molecule has 3 rings (SSSR count). The second-order valence-corrected chi connectivity index (χ2v) is 7.58. The monoisotopic (exact) mass is 291 g/mol. The first-order valence-electron chi connectivity index (χ1n) is 7.51. The van der Waals surface area contributed by atoms with Crippen molar-refractivity contribution in [1.82, 2.24) is 0 Å². The number of rotatable bonds is 5. The summed E-state index contributed by atoms with van der Waals surface area (Å²) < 4.78 is 0. The molecule has 3 aromatic carbocycles. The Morgan fingerprint density at radius 1 is 0.857 bits per heavy atom. The Bertz CT molecular complexity index is 601. The number of hydrogen-bond acceptors (Lipinski definition) is 0. The lowest BCUT2D eigenvalue weighted by atomic mass is 10.2. The van der Waals surface area contributed by atoms with Gasteiger partial charge >= 0.3 is 0 Å². The number of benzene rings is 2. The van der Waals surface area contributed by atoms with Gasteiger partial charge in [-0.1, -0.05) is 74.0 Å². The molecule has 0 saturated heterocycles. The normalized spacial score (nSPS) is 12.5. The second kappa shape index (κ2) is 6.78. The lowest BCUT2D eigenvalue weighted by molar-refractivity contribution is 0.891. The predicted molar refractivity (Wildman–Crippen MR) is 94.1 cm³/mol. The van der Waals surface area contributed by atoms with Gasteiger partial charge in [-0.3, -0.25) is 0 Å². The quantitative estimate of drug-likeness (QED) is 0.459. The minimum atomic E-state index is -0.365. The molecule has 1 heteroatoms. The average Bonchev–Trinajstić information content (AvgIpc) is 3.08. The summed E-state index contributed by atoms with van der Waals surface area (Å²) >= 11 is 0. The van der Waals surface area contributed by atoms with Crippen LogP contribution in [0.1, 0.15) is 24.6 Å². The van der Waals surface area contributed by atoms with Crippen LogP contribution in [0.5, 0.6) is 0 Å². The zero-order valence-corrected chi connectivity index (χ0v) is 13.2. The molecule has 3 aromatic rings. The van der Waals surface area contributed by atoms with Gasteiger partial charge in [0.1, 0.15) is 0 Å². The van der Waals surface area contributed by atoms with Gasteiger partial charge in [0.05, 0.1) is 0 Å². The van der Waals surface area contributed by atoms with Gasteiger partial charge in [-0.2, -0.15) is 23.8 Å². The molecule has 0 amide bonds. The van der Waals surface area contributed by atoms with Crippen LogP contribution in [-0.2, 0) is 0 Å². The molecule has 0 saturated carbocycles. The highest BCUT2D eigenvalue weighted by Gasteiger charge is 2.21. The third-order valence-electron chi connectivity index (χ3n) is 3.84. The summed E-state index contributed by atoms with van der Waals surface area (Å²) in [6, 6.07) is 30.8. The van der Waals surface area contributed by atoms with Crippen molar-refractivity contribution in [1.29, 1.82) is 0 Å². The second-order valence-electron chi connectivity index (χ2n) is 5.18. The van der Waals surface area contributed by atoms with Gasteiger partial charge in [-0.15, -0.1) is 0 Å². The maximum Gasteiger partial charge on any atom is -0.0200 e. The third kappa shape index (κ3) is 3.12. The maximum atomic E-state index is 2.30. The highest BCUT2D eigenvalue weighted by Crippen LogP contribution is 2.51. The van der Waals surface area contributed by atoms with Gasteiger partial charge in [-0.25, -0.2) is 6.07 Å². The van der Waals surface area contributed by atoms with E-state index in [1.165, 1.54) is 22.6 Å². The molecule has 0 aromatic heterocycles. The fourth-order valence-electron chi connectivity index (χ4n) is 2.86. The maximum absolute atomic E-state index is 2.30. The van der Waals surface area contributed by atoms with Gasteiger partial charge < -0.3 is 0 Å². The molecular weight excluding hydrogens is 271 g/mol. The summed E-state index contributed by atoms with van der Waals surface area (Å²) in [6.45, 7) is 2.30. The van der Waals surface area contributed by atoms with Gasteiger partial charge in [0.15, 0.2) is 0 Å². The highest BCUT2D eigenvalue weighted by molar-refractivity contribution is 7.73. The number of hydrogen-bond donors (Lipinski definition) is 0. The first kappa shape index (κ1) is 14.2. The molecule has 0 bridgehead atoms. The van der Waals surface area contributed by atoms with Gasteiger partial charge in [-0.05, 0) is 24.2 Å². The van der Waals surface area contributed by atoms with E-state index >= 15 is 0 Å². The van der Waals surface area contributed by atoms with Crippen LogP contribution in [-0.4, -0.2) is 0 Å². The van der Waals surface area contributed by atoms with Crippen molar-refractivity contribution in [2.45, 2.75) is 19.0 Å². The molecule has 21 heavy (non-hydrogen) atoms. The van der Waals surface area contributed by atoms with Crippen LogP contribution in [0.2, 0.25) is 0 Å². The van der Waals surface area contributed by atoms with Crippen LogP contribution in [0.15, 0.2) is 84.9 Å². The zero-order chi connectivity index (χ0) is 14.5. The van der Waals surface area contributed by atoms with E-state index in [1.807, 2.05) is 0 Å². The fraction of sp³-hybridized carbons (Fsp3) is 0.150. The Labute approximate surface area is 128 Å². The van der Waals surface area contributed by atoms with Crippen molar-refractivity contribution >= 4 is 18.5 Å². The molecule has 0 N–H and O–H groups in total. The molecule has 0 heterocycles. The van der Waals surface area contributed by atoms with E-state index in [4.69, 9.17) is 0 Å². The topological polar surface area (TPSA) is 0 Å². The Morgan fingerprint density at radius 2 is 1.43 bits per heavy atom. The van der Waals surface area contributed by atoms with Crippen molar-refractivity contribution in [2.75, 3.05) is 0 Å². The predicted octanol–water partition coefficient (Wildman–Crippen LogP) is 4.99. The molecule has 1 unspecified atom stereocenters. The van der Waals surface area contributed by atoms with E-state index in [0.717, 1.165) is 0 Å². The summed E-state index contributed by atoms with van der Waals surface area (Å²) in [5.41, 5.74) is 2.05. The highest BCUT2D eigenvalue weighted by atomic mass is 31.1. The van der Waals surface area contributed by atoms with Crippen LogP contribution in [0.25, 0.3) is 0 Å². The Kier molecular flexibility index (Phi) is 4.58. The summed E-state index contributed by atoms with van der Waals surface area (Å²) in [5, 5.41) is 2.93. The van der Waals surface area contributed by atoms with Crippen LogP contribution >= 0.6 is 7.92 Å². The lowest BCUT2D eigenvalue weighted by Crippen LogP contribution is -2.16. The van der Waals surface area contributed by atoms with E-state index in [-0.39, 0.29) is 7.92 Å². The molecule has 0 radical (unpaired) electrons. The van der Waals surface area contributed by atoms with Crippen molar-refractivity contribution in [3.63, 3.8) is 0 Å². The molecule has 1 atom stereocenters. The molecular formula is C20H20P-. The van der Waals surface area contributed by atoms with Gasteiger partial charge in [0.25, 0.3) is 0 Å². The summed E-state index contributed by atoms with van der Waals surface area (Å²) in [6.07, 6.45) is 1.17. The molecule has 0 fully saturated rings. The van der Waals surface area contributed by atoms with E-state index in [2.05, 4.69) is 91.9 Å². The van der Waals surface area contributed by atoms with E-state index in [9.17, 15) is 0 Å². The van der Waals surface area contributed by atoms with E-state index < -0.39 is 0 Å². The first-order valence-corrected chi connectivity index (χ1v) is 8.92. The Morgan fingerprint density at radius 3 is 1.86 bits per heavy atom. The molecule has 106 valence electrons. The van der Waals surface area contributed by atoms with Gasteiger partial charge in [0.2, 0.25) is 0 Å². The smallest absolute Gasteiger partial charge is 0.0200 e. The van der Waals surface area contributed by atoms with Crippen molar-refractivity contribution in [2.24, 2.45) is 0 Å². The standard InChI is InChI=1S/C20H20P/c1-2-20(17-11-9-10-12-17)21(18-13-5-3-6-14-18)19-15-7-4-8-16-19/h3-16,20H,2H2,1H3/q-1. The largest absolute Gasteiger partial charge is 0.210 e. The fourth-order valence-corrected chi connectivity index (χ4v) is 5.70. The average molecular weight is 291 g/mol. The molecule has 0 nitrogen and oxygen atoms in total. The Hall–Kier alpha value is -1.78. The van der Waals surface area contributed by atoms with Crippen LogP contribution in [0.3, 0.4) is 0 Å². The summed E-state index contributed by atoms with van der Waals surface area (Å²) in [4.78, 5) is 0. The summed E-state index contributed by atoms with van der Waals surface area (Å²) in [7, 11) is -0.365. The van der Waals surface area contributed by atoms with E-state index in [1.54, 1.807) is 0 Å². The Balaban J connectivity index is 2.08. The van der Waals surface area contributed by atoms with Crippen LogP contribution in [0.4, 0.5) is 0 Å². The third-order valence-corrected chi connectivity index (χ3v) is 6.84. The lowest BCUT2D eigenvalue weighted by Gasteiger charge is -2.31. The molecule has 0 spiro atoms. The van der Waals surface area contributed by atoms with Crippen molar-refractivity contribution < 1.29 is 0 Å². The SMILES string of the molecule is CCC(c1cc[cH-]c1)P(c1ccccc1)c1ccccc1. The minimum absolute atomic E-state index is 0.365. The molecule has 0 aliphatic carbocycles. The van der Waals surface area contributed by atoms with Gasteiger partial charge in [0, 0.05) is 0 Å². The summed E-state index contributed by atoms with van der Waals surface area (Å²) in [5.74, 6) is 0. The van der Waals surface area contributed by atoms with E-state index in [0.29, 0.717) is 5.66 Å². The first-order chi connectivity index (χ1) is 10.4.